The van der Waals surface area contributed by atoms with E-state index in [1.54, 1.807) is 0 Å². The van der Waals surface area contributed by atoms with Crippen molar-refractivity contribution in [2.45, 2.75) is 27.2 Å². The van der Waals surface area contributed by atoms with Crippen LogP contribution in [0.1, 0.15) is 25.8 Å². The molecule has 0 amide bonds. The van der Waals surface area contributed by atoms with Crippen LogP contribution < -0.4 is 5.43 Å². The Morgan fingerprint density at radius 2 is 2.07 bits per heavy atom. The second-order valence-corrected chi connectivity index (χ2v) is 3.39. The lowest BCUT2D eigenvalue weighted by molar-refractivity contribution is -0.111. The van der Waals surface area contributed by atoms with Crippen LogP contribution in [0.15, 0.2) is 29.4 Å². The van der Waals surface area contributed by atoms with Gasteiger partial charge in [0, 0.05) is 6.92 Å². The van der Waals surface area contributed by atoms with Gasteiger partial charge in [-0.2, -0.15) is 5.10 Å². The molecular weight excluding hydrogens is 188 g/mol. The Balaban J connectivity index is 2.79. The van der Waals surface area contributed by atoms with E-state index in [1.165, 1.54) is 6.92 Å². The molecule has 0 unspecified atom stereocenters. The fourth-order valence-electron chi connectivity index (χ4n) is 1.23. The predicted octanol–water partition coefficient (Wildman–Crippen LogP) is 2.76. The standard InChI is InChI=1S/C12H16N2O/c1-4-11(10(3)15)13-14-12-8-6-5-7-9(12)2/h5-8,14H,4H2,1-3H3/b13-11-. The van der Waals surface area contributed by atoms with E-state index in [1.807, 2.05) is 38.1 Å². The third-order valence-electron chi connectivity index (χ3n) is 2.20. The minimum Gasteiger partial charge on any atom is -0.293 e. The van der Waals surface area contributed by atoms with Gasteiger partial charge in [-0.25, -0.2) is 0 Å². The maximum Gasteiger partial charge on any atom is 0.175 e. The molecule has 3 heteroatoms. The summed E-state index contributed by atoms with van der Waals surface area (Å²) in [4.78, 5) is 11.1. The first-order chi connectivity index (χ1) is 7.15. The lowest BCUT2D eigenvalue weighted by atomic mass is 10.2. The number of anilines is 1. The summed E-state index contributed by atoms with van der Waals surface area (Å²) in [5.74, 6) is 0.0126. The molecule has 0 bridgehead atoms. The summed E-state index contributed by atoms with van der Waals surface area (Å²) in [6, 6.07) is 7.84. The summed E-state index contributed by atoms with van der Waals surface area (Å²) in [5, 5.41) is 4.09. The fraction of sp³-hybridized carbons (Fsp3) is 0.333. The van der Waals surface area contributed by atoms with Gasteiger partial charge in [-0.05, 0) is 25.0 Å². The zero-order chi connectivity index (χ0) is 11.3. The predicted molar refractivity (Wildman–Crippen MR) is 63.2 cm³/mol. The second kappa shape index (κ2) is 5.29. The molecule has 0 aliphatic carbocycles. The molecule has 0 atom stereocenters. The zero-order valence-electron chi connectivity index (χ0n) is 9.37. The topological polar surface area (TPSA) is 41.5 Å². The Bertz CT molecular complexity index is 383. The van der Waals surface area contributed by atoms with Gasteiger partial charge in [0.15, 0.2) is 5.78 Å². The number of Topliss-reactive ketones (excluding diaryl/α,β-unsaturated/α-hetero) is 1. The number of hydrogen-bond acceptors (Lipinski definition) is 3. The molecular formula is C12H16N2O. The Labute approximate surface area is 90.2 Å². The normalized spacial score (nSPS) is 11.3. The van der Waals surface area contributed by atoms with E-state index in [0.29, 0.717) is 12.1 Å². The van der Waals surface area contributed by atoms with Crippen LogP contribution in [0.4, 0.5) is 5.69 Å². The highest BCUT2D eigenvalue weighted by atomic mass is 16.1. The van der Waals surface area contributed by atoms with Gasteiger partial charge in [0.05, 0.1) is 5.69 Å². The van der Waals surface area contributed by atoms with Crippen LogP contribution in [0, 0.1) is 6.92 Å². The number of nitrogens with zero attached hydrogens (tertiary/aromatic N) is 1. The van der Waals surface area contributed by atoms with Crippen molar-refractivity contribution in [3.8, 4) is 0 Å². The highest BCUT2D eigenvalue weighted by Crippen LogP contribution is 2.12. The molecule has 1 aromatic carbocycles. The summed E-state index contributed by atoms with van der Waals surface area (Å²) in [6.07, 6.45) is 0.647. The van der Waals surface area contributed by atoms with E-state index < -0.39 is 0 Å². The molecule has 1 aromatic rings. The molecule has 0 saturated carbocycles. The number of para-hydroxylation sites is 1. The van der Waals surface area contributed by atoms with E-state index in [-0.39, 0.29) is 5.78 Å². The lowest BCUT2D eigenvalue weighted by Crippen LogP contribution is -2.10. The highest BCUT2D eigenvalue weighted by Gasteiger charge is 2.02. The van der Waals surface area contributed by atoms with Gasteiger partial charge in [0.25, 0.3) is 0 Å². The van der Waals surface area contributed by atoms with Gasteiger partial charge in [0.2, 0.25) is 0 Å². The monoisotopic (exact) mass is 204 g/mol. The summed E-state index contributed by atoms with van der Waals surface area (Å²) in [6.45, 7) is 5.44. The van der Waals surface area contributed by atoms with Gasteiger partial charge in [-0.1, -0.05) is 25.1 Å². The summed E-state index contributed by atoms with van der Waals surface area (Å²) in [5.41, 5.74) is 5.53. The van der Waals surface area contributed by atoms with Crippen molar-refractivity contribution < 1.29 is 4.79 Å². The Hall–Kier alpha value is -1.64. The molecule has 0 radical (unpaired) electrons. The lowest BCUT2D eigenvalue weighted by Gasteiger charge is -2.05. The first kappa shape index (κ1) is 11.4. The van der Waals surface area contributed by atoms with Crippen molar-refractivity contribution in [2.75, 3.05) is 5.43 Å². The van der Waals surface area contributed by atoms with Gasteiger partial charge in [-0.15, -0.1) is 0 Å². The van der Waals surface area contributed by atoms with Crippen LogP contribution in [0.25, 0.3) is 0 Å². The molecule has 15 heavy (non-hydrogen) atoms. The summed E-state index contributed by atoms with van der Waals surface area (Å²) in [7, 11) is 0. The van der Waals surface area contributed by atoms with Crippen LogP contribution in [-0.4, -0.2) is 11.5 Å². The van der Waals surface area contributed by atoms with Gasteiger partial charge >= 0.3 is 0 Å². The fourth-order valence-corrected chi connectivity index (χ4v) is 1.23. The van der Waals surface area contributed by atoms with Gasteiger partial charge in [0.1, 0.15) is 5.71 Å². The molecule has 0 heterocycles. The van der Waals surface area contributed by atoms with Crippen molar-refractivity contribution in [2.24, 2.45) is 5.10 Å². The Morgan fingerprint density at radius 3 is 2.60 bits per heavy atom. The average Bonchev–Trinajstić information content (AvgIpc) is 2.21. The highest BCUT2D eigenvalue weighted by molar-refractivity contribution is 6.38. The van der Waals surface area contributed by atoms with Crippen LogP contribution in [0.3, 0.4) is 0 Å². The third kappa shape index (κ3) is 3.20. The summed E-state index contributed by atoms with van der Waals surface area (Å²) >= 11 is 0. The number of rotatable bonds is 4. The van der Waals surface area contributed by atoms with Crippen molar-refractivity contribution in [3.63, 3.8) is 0 Å². The molecule has 0 aromatic heterocycles. The van der Waals surface area contributed by atoms with Crippen molar-refractivity contribution >= 4 is 17.2 Å². The molecule has 80 valence electrons. The number of aryl methyl sites for hydroxylation is 1. The number of carbonyl (C=O) groups excluding carboxylic acids is 1. The molecule has 0 spiro atoms. The number of nitrogens with one attached hydrogen (secondary N) is 1. The molecule has 0 fully saturated rings. The quantitative estimate of drug-likeness (QED) is 0.605. The second-order valence-electron chi connectivity index (χ2n) is 3.39. The first-order valence-corrected chi connectivity index (χ1v) is 5.04. The minimum atomic E-state index is 0.0126. The Kier molecular flexibility index (Phi) is 4.03. The summed E-state index contributed by atoms with van der Waals surface area (Å²) < 4.78 is 0. The smallest absolute Gasteiger partial charge is 0.175 e. The maximum atomic E-state index is 11.1. The SMILES string of the molecule is CC/C(=N/Nc1ccccc1C)C(C)=O. The Morgan fingerprint density at radius 1 is 1.40 bits per heavy atom. The third-order valence-corrected chi connectivity index (χ3v) is 2.20. The number of hydrazone groups is 1. The molecule has 0 saturated heterocycles. The number of carbonyl (C=O) groups is 1. The van der Waals surface area contributed by atoms with Crippen molar-refractivity contribution in [3.05, 3.63) is 29.8 Å². The molecule has 0 aliphatic rings. The molecule has 1 N–H and O–H groups in total. The van der Waals surface area contributed by atoms with E-state index in [2.05, 4.69) is 10.5 Å². The number of ketones is 1. The minimum absolute atomic E-state index is 0.0126. The largest absolute Gasteiger partial charge is 0.293 e. The van der Waals surface area contributed by atoms with Crippen LogP contribution in [-0.2, 0) is 4.79 Å². The number of hydrogen-bond donors (Lipinski definition) is 1. The first-order valence-electron chi connectivity index (χ1n) is 5.04. The van der Waals surface area contributed by atoms with Crippen LogP contribution >= 0.6 is 0 Å². The van der Waals surface area contributed by atoms with E-state index in [4.69, 9.17) is 0 Å². The zero-order valence-corrected chi connectivity index (χ0v) is 9.37. The number of benzene rings is 1. The van der Waals surface area contributed by atoms with Crippen molar-refractivity contribution in [1.29, 1.82) is 0 Å². The average molecular weight is 204 g/mol. The van der Waals surface area contributed by atoms with Gasteiger partial charge < -0.3 is 0 Å². The molecule has 1 rings (SSSR count). The van der Waals surface area contributed by atoms with E-state index in [9.17, 15) is 4.79 Å². The molecule has 3 nitrogen and oxygen atoms in total. The van der Waals surface area contributed by atoms with Crippen molar-refractivity contribution in [1.82, 2.24) is 0 Å². The molecule has 0 aliphatic heterocycles. The van der Waals surface area contributed by atoms with E-state index >= 15 is 0 Å². The van der Waals surface area contributed by atoms with Crippen LogP contribution in [0.2, 0.25) is 0 Å². The van der Waals surface area contributed by atoms with Gasteiger partial charge in [-0.3, -0.25) is 10.2 Å². The maximum absolute atomic E-state index is 11.1. The van der Waals surface area contributed by atoms with E-state index in [0.717, 1.165) is 11.3 Å². The van der Waals surface area contributed by atoms with Crippen LogP contribution in [0.5, 0.6) is 0 Å².